The number of carbonyl (C=O) groups excluding carboxylic acids is 3. The Kier molecular flexibility index (Phi) is 6.36. The fourth-order valence-electron chi connectivity index (χ4n) is 3.20. The lowest BCUT2D eigenvalue weighted by molar-refractivity contribution is -0.126. The topological polar surface area (TPSA) is 78.5 Å². The van der Waals surface area contributed by atoms with Crippen LogP contribution in [0.1, 0.15) is 22.3 Å². The molecule has 3 rings (SSSR count). The molecule has 146 valence electrons. The van der Waals surface area contributed by atoms with Gasteiger partial charge in [0.15, 0.2) is 0 Å². The maximum atomic E-state index is 12.5. The number of amides is 3. The highest BCUT2D eigenvalue weighted by molar-refractivity contribution is 7.98. The number of rotatable bonds is 6. The van der Waals surface area contributed by atoms with Crippen molar-refractivity contribution in [2.24, 2.45) is 5.92 Å². The minimum Gasteiger partial charge on any atom is -0.355 e. The Morgan fingerprint density at radius 2 is 1.93 bits per heavy atom. The van der Waals surface area contributed by atoms with Crippen molar-refractivity contribution in [2.75, 3.05) is 24.7 Å². The van der Waals surface area contributed by atoms with E-state index in [1.54, 1.807) is 41.9 Å². The van der Waals surface area contributed by atoms with Crippen LogP contribution in [0.5, 0.6) is 0 Å². The average Bonchev–Trinajstić information content (AvgIpc) is 3.13. The molecule has 1 saturated heterocycles. The van der Waals surface area contributed by atoms with E-state index in [1.165, 1.54) is 0 Å². The third-order valence-electron chi connectivity index (χ3n) is 4.76. The number of hydrogen-bond acceptors (Lipinski definition) is 4. The van der Waals surface area contributed by atoms with Crippen LogP contribution in [0, 0.1) is 5.92 Å². The minimum atomic E-state index is -0.380. The largest absolute Gasteiger partial charge is 0.355 e. The van der Waals surface area contributed by atoms with Gasteiger partial charge in [0.05, 0.1) is 5.92 Å². The molecular formula is C21H23N3O3S. The first kappa shape index (κ1) is 19.9. The lowest BCUT2D eigenvalue weighted by Crippen LogP contribution is -2.32. The number of carbonyl (C=O) groups is 3. The minimum absolute atomic E-state index is 0.0429. The van der Waals surface area contributed by atoms with E-state index in [0.29, 0.717) is 18.7 Å². The van der Waals surface area contributed by atoms with Crippen molar-refractivity contribution in [3.8, 4) is 0 Å². The molecule has 28 heavy (non-hydrogen) atoms. The molecule has 1 aliphatic rings. The summed E-state index contributed by atoms with van der Waals surface area (Å²) in [5.74, 6) is -0.742. The zero-order chi connectivity index (χ0) is 20.1. The van der Waals surface area contributed by atoms with Gasteiger partial charge in [0.2, 0.25) is 11.8 Å². The summed E-state index contributed by atoms with van der Waals surface area (Å²) in [5.41, 5.74) is 2.20. The molecule has 0 radical (unpaired) electrons. The van der Waals surface area contributed by atoms with Crippen LogP contribution in [0.2, 0.25) is 0 Å². The average molecular weight is 398 g/mol. The highest BCUT2D eigenvalue weighted by Gasteiger charge is 2.34. The molecule has 0 saturated carbocycles. The highest BCUT2D eigenvalue weighted by atomic mass is 32.2. The van der Waals surface area contributed by atoms with Gasteiger partial charge in [0.25, 0.3) is 5.91 Å². The molecule has 1 aliphatic heterocycles. The maximum Gasteiger partial charge on any atom is 0.251 e. The zero-order valence-corrected chi connectivity index (χ0v) is 16.7. The van der Waals surface area contributed by atoms with E-state index in [2.05, 4.69) is 10.6 Å². The Morgan fingerprint density at radius 3 is 2.61 bits per heavy atom. The quantitative estimate of drug-likeness (QED) is 0.734. The number of anilines is 1. The zero-order valence-electron chi connectivity index (χ0n) is 15.9. The standard InChI is InChI=1S/C21H23N3O3S/c1-22-20(26)15-5-3-4-14(10-15)12-23-21(27)16-11-19(25)24(13-16)17-6-8-18(28-2)9-7-17/h3-10,16H,11-13H2,1-2H3,(H,22,26)(H,23,27). The van der Waals surface area contributed by atoms with Gasteiger partial charge in [-0.3, -0.25) is 14.4 Å². The molecule has 2 aromatic carbocycles. The summed E-state index contributed by atoms with van der Waals surface area (Å²) in [5, 5.41) is 5.46. The van der Waals surface area contributed by atoms with Crippen molar-refractivity contribution < 1.29 is 14.4 Å². The van der Waals surface area contributed by atoms with Crippen molar-refractivity contribution in [3.63, 3.8) is 0 Å². The van der Waals surface area contributed by atoms with Crippen molar-refractivity contribution >= 4 is 35.2 Å². The van der Waals surface area contributed by atoms with Gasteiger partial charge >= 0.3 is 0 Å². The van der Waals surface area contributed by atoms with Crippen molar-refractivity contribution in [2.45, 2.75) is 17.9 Å². The molecule has 1 heterocycles. The van der Waals surface area contributed by atoms with Crippen molar-refractivity contribution in [1.29, 1.82) is 0 Å². The van der Waals surface area contributed by atoms with Gasteiger partial charge in [0.1, 0.15) is 0 Å². The van der Waals surface area contributed by atoms with E-state index in [1.807, 2.05) is 36.6 Å². The molecule has 2 aromatic rings. The molecule has 1 unspecified atom stereocenters. The molecular weight excluding hydrogens is 374 g/mol. The van der Waals surface area contributed by atoms with Crippen LogP contribution < -0.4 is 15.5 Å². The number of nitrogens with zero attached hydrogens (tertiary/aromatic N) is 1. The second-order valence-corrected chi connectivity index (χ2v) is 7.48. The molecule has 0 bridgehead atoms. The van der Waals surface area contributed by atoms with E-state index in [-0.39, 0.29) is 30.1 Å². The van der Waals surface area contributed by atoms with Gasteiger partial charge in [-0.05, 0) is 48.2 Å². The summed E-state index contributed by atoms with van der Waals surface area (Å²) in [6.45, 7) is 0.693. The SMILES string of the molecule is CNC(=O)c1cccc(CNC(=O)C2CC(=O)N(c3ccc(SC)cc3)C2)c1. The number of hydrogen-bond donors (Lipinski definition) is 2. The predicted octanol–water partition coefficient (Wildman–Crippen LogP) is 2.44. The van der Waals surface area contributed by atoms with Crippen molar-refractivity contribution in [1.82, 2.24) is 10.6 Å². The molecule has 0 aromatic heterocycles. The third-order valence-corrected chi connectivity index (χ3v) is 5.51. The Hall–Kier alpha value is -2.80. The maximum absolute atomic E-state index is 12.5. The van der Waals surface area contributed by atoms with E-state index in [4.69, 9.17) is 0 Å². The first-order valence-electron chi connectivity index (χ1n) is 9.05. The Bertz CT molecular complexity index is 883. The normalized spacial score (nSPS) is 16.1. The molecule has 6 nitrogen and oxygen atoms in total. The molecule has 2 N–H and O–H groups in total. The summed E-state index contributed by atoms with van der Waals surface area (Å²) in [6, 6.07) is 14.9. The van der Waals surface area contributed by atoms with Gasteiger partial charge < -0.3 is 15.5 Å². The van der Waals surface area contributed by atoms with Crippen LogP contribution in [0.25, 0.3) is 0 Å². The molecule has 7 heteroatoms. The monoisotopic (exact) mass is 397 g/mol. The number of benzene rings is 2. The van der Waals surface area contributed by atoms with Crippen LogP contribution in [-0.2, 0) is 16.1 Å². The summed E-state index contributed by atoms with van der Waals surface area (Å²) in [7, 11) is 1.58. The molecule has 1 atom stereocenters. The second-order valence-electron chi connectivity index (χ2n) is 6.60. The van der Waals surface area contributed by atoms with Crippen LogP contribution >= 0.6 is 11.8 Å². The van der Waals surface area contributed by atoms with E-state index >= 15 is 0 Å². The van der Waals surface area contributed by atoms with Crippen LogP contribution in [0.15, 0.2) is 53.4 Å². The van der Waals surface area contributed by atoms with Crippen LogP contribution in [-0.4, -0.2) is 37.6 Å². The fraction of sp³-hybridized carbons (Fsp3) is 0.286. The Labute approximate surface area is 168 Å². The van der Waals surface area contributed by atoms with Gasteiger partial charge in [-0.25, -0.2) is 0 Å². The predicted molar refractivity (Wildman–Crippen MR) is 110 cm³/mol. The molecule has 3 amide bonds. The van der Waals surface area contributed by atoms with Crippen LogP contribution in [0.3, 0.4) is 0 Å². The Morgan fingerprint density at radius 1 is 1.18 bits per heavy atom. The van der Waals surface area contributed by atoms with E-state index in [0.717, 1.165) is 16.1 Å². The lowest BCUT2D eigenvalue weighted by atomic mass is 10.1. The summed E-state index contributed by atoms with van der Waals surface area (Å²) >= 11 is 1.64. The first-order chi connectivity index (χ1) is 13.5. The van der Waals surface area contributed by atoms with Crippen LogP contribution in [0.4, 0.5) is 5.69 Å². The molecule has 1 fully saturated rings. The smallest absolute Gasteiger partial charge is 0.251 e. The van der Waals surface area contributed by atoms with E-state index < -0.39 is 0 Å². The van der Waals surface area contributed by atoms with Gasteiger partial charge in [-0.15, -0.1) is 11.8 Å². The first-order valence-corrected chi connectivity index (χ1v) is 10.3. The van der Waals surface area contributed by atoms with Gasteiger partial charge in [0, 0.05) is 42.7 Å². The molecule has 0 spiro atoms. The Balaban J connectivity index is 1.59. The highest BCUT2D eigenvalue weighted by Crippen LogP contribution is 2.27. The number of thioether (sulfide) groups is 1. The molecule has 0 aliphatic carbocycles. The summed E-state index contributed by atoms with van der Waals surface area (Å²) in [4.78, 5) is 39.4. The number of nitrogens with one attached hydrogen (secondary N) is 2. The van der Waals surface area contributed by atoms with Gasteiger partial charge in [-0.2, -0.15) is 0 Å². The van der Waals surface area contributed by atoms with Crippen molar-refractivity contribution in [3.05, 3.63) is 59.7 Å². The fourth-order valence-corrected chi connectivity index (χ4v) is 3.60. The third kappa shape index (κ3) is 4.54. The van der Waals surface area contributed by atoms with E-state index in [9.17, 15) is 14.4 Å². The summed E-state index contributed by atoms with van der Waals surface area (Å²) < 4.78 is 0. The lowest BCUT2D eigenvalue weighted by Gasteiger charge is -2.17. The second kappa shape index (κ2) is 8.93. The van der Waals surface area contributed by atoms with Gasteiger partial charge in [-0.1, -0.05) is 12.1 Å². The summed E-state index contributed by atoms with van der Waals surface area (Å²) in [6.07, 6.45) is 2.20.